The van der Waals surface area contributed by atoms with E-state index in [1.807, 2.05) is 0 Å². The third-order valence-electron chi connectivity index (χ3n) is 3.87. The number of rotatable bonds is 7. The van der Waals surface area contributed by atoms with Crippen molar-refractivity contribution < 1.29 is 8.97 Å². The molecule has 0 aliphatic carbocycles. The Morgan fingerprint density at radius 3 is 1.84 bits per heavy atom. The SMILES string of the molecule is CCC[N+](C)(C)CC[N+](C)(C)Cc1ccc(C)cc1. The Labute approximate surface area is 119 Å². The number of hydrogen-bond donors (Lipinski definition) is 0. The molecule has 0 amide bonds. The minimum Gasteiger partial charge on any atom is -0.324 e. The van der Waals surface area contributed by atoms with Crippen LogP contribution >= 0.6 is 0 Å². The second kappa shape index (κ2) is 6.53. The summed E-state index contributed by atoms with van der Waals surface area (Å²) in [6, 6.07) is 8.96. The van der Waals surface area contributed by atoms with Crippen molar-refractivity contribution in [1.82, 2.24) is 0 Å². The summed E-state index contributed by atoms with van der Waals surface area (Å²) in [5.41, 5.74) is 2.78. The van der Waals surface area contributed by atoms with Crippen LogP contribution in [0, 0.1) is 6.92 Å². The van der Waals surface area contributed by atoms with E-state index in [2.05, 4.69) is 66.3 Å². The number of benzene rings is 1. The zero-order valence-corrected chi connectivity index (χ0v) is 13.7. The van der Waals surface area contributed by atoms with Crippen molar-refractivity contribution in [2.24, 2.45) is 0 Å². The molecule has 0 spiro atoms. The van der Waals surface area contributed by atoms with Crippen molar-refractivity contribution in [2.45, 2.75) is 26.8 Å². The van der Waals surface area contributed by atoms with Gasteiger partial charge >= 0.3 is 0 Å². The van der Waals surface area contributed by atoms with E-state index in [0.29, 0.717) is 0 Å². The lowest BCUT2D eigenvalue weighted by Gasteiger charge is -2.35. The monoisotopic (exact) mass is 264 g/mol. The third-order valence-corrected chi connectivity index (χ3v) is 3.87. The Morgan fingerprint density at radius 1 is 0.789 bits per heavy atom. The lowest BCUT2D eigenvalue weighted by atomic mass is 10.1. The van der Waals surface area contributed by atoms with Gasteiger partial charge in [-0.15, -0.1) is 0 Å². The summed E-state index contributed by atoms with van der Waals surface area (Å²) in [6.07, 6.45) is 1.26. The molecule has 0 heterocycles. The van der Waals surface area contributed by atoms with E-state index in [4.69, 9.17) is 0 Å². The number of aryl methyl sites for hydroxylation is 1. The van der Waals surface area contributed by atoms with Crippen LogP contribution in [0.15, 0.2) is 24.3 Å². The molecule has 0 aliphatic heterocycles. The van der Waals surface area contributed by atoms with Crippen LogP contribution in [0.1, 0.15) is 24.5 Å². The van der Waals surface area contributed by atoms with Crippen LogP contribution in [-0.4, -0.2) is 56.8 Å². The molecular weight excluding hydrogens is 232 g/mol. The van der Waals surface area contributed by atoms with Gasteiger partial charge in [0.2, 0.25) is 0 Å². The van der Waals surface area contributed by atoms with Gasteiger partial charge in [0.15, 0.2) is 0 Å². The Morgan fingerprint density at radius 2 is 1.32 bits per heavy atom. The van der Waals surface area contributed by atoms with Gasteiger partial charge < -0.3 is 8.97 Å². The molecule has 0 atom stereocenters. The van der Waals surface area contributed by atoms with Crippen molar-refractivity contribution in [2.75, 3.05) is 47.8 Å². The molecule has 0 N–H and O–H groups in total. The average Bonchev–Trinajstić information content (AvgIpc) is 2.30. The molecule has 108 valence electrons. The predicted octanol–water partition coefficient (Wildman–Crippen LogP) is 3.06. The largest absolute Gasteiger partial charge is 0.324 e. The molecule has 0 saturated carbocycles. The van der Waals surface area contributed by atoms with Crippen LogP contribution in [0.4, 0.5) is 0 Å². The Bertz CT molecular complexity index is 377. The van der Waals surface area contributed by atoms with E-state index in [1.54, 1.807) is 0 Å². The van der Waals surface area contributed by atoms with Crippen LogP contribution < -0.4 is 0 Å². The minimum atomic E-state index is 1.06. The Balaban J connectivity index is 2.54. The summed E-state index contributed by atoms with van der Waals surface area (Å²) < 4.78 is 2.19. The summed E-state index contributed by atoms with van der Waals surface area (Å²) in [4.78, 5) is 0. The van der Waals surface area contributed by atoms with Crippen LogP contribution in [0.5, 0.6) is 0 Å². The summed E-state index contributed by atoms with van der Waals surface area (Å²) in [7, 11) is 9.36. The molecule has 0 fully saturated rings. The first kappa shape index (κ1) is 16.2. The lowest BCUT2D eigenvalue weighted by molar-refractivity contribution is -0.952. The molecule has 1 rings (SSSR count). The fourth-order valence-electron chi connectivity index (χ4n) is 2.53. The van der Waals surface area contributed by atoms with E-state index < -0.39 is 0 Å². The van der Waals surface area contributed by atoms with Gasteiger partial charge in [0, 0.05) is 5.56 Å². The summed E-state index contributed by atoms with van der Waals surface area (Å²) in [6.45, 7) is 9.27. The molecule has 0 unspecified atom stereocenters. The fourth-order valence-corrected chi connectivity index (χ4v) is 2.53. The molecule has 0 aliphatic rings. The van der Waals surface area contributed by atoms with E-state index in [0.717, 1.165) is 15.5 Å². The second-order valence-corrected chi connectivity index (χ2v) is 7.19. The van der Waals surface area contributed by atoms with E-state index in [9.17, 15) is 0 Å². The maximum Gasteiger partial charge on any atom is 0.128 e. The van der Waals surface area contributed by atoms with Gasteiger partial charge in [0.05, 0.1) is 34.7 Å². The zero-order chi connectivity index (χ0) is 14.5. The molecule has 2 heteroatoms. The predicted molar refractivity (Wildman–Crippen MR) is 84.0 cm³/mol. The van der Waals surface area contributed by atoms with Gasteiger partial charge in [-0.25, -0.2) is 0 Å². The first-order valence-electron chi connectivity index (χ1n) is 7.44. The molecular formula is C17H32N2+2. The van der Waals surface area contributed by atoms with Crippen molar-refractivity contribution in [3.05, 3.63) is 35.4 Å². The molecule has 0 bridgehead atoms. The number of hydrogen-bond acceptors (Lipinski definition) is 0. The molecule has 2 nitrogen and oxygen atoms in total. The molecule has 1 aromatic rings. The van der Waals surface area contributed by atoms with Gasteiger partial charge in [0.1, 0.15) is 19.6 Å². The van der Waals surface area contributed by atoms with Crippen LogP contribution in [0.2, 0.25) is 0 Å². The Kier molecular flexibility index (Phi) is 5.57. The summed E-state index contributed by atoms with van der Waals surface area (Å²) in [5.74, 6) is 0. The molecule has 0 saturated heterocycles. The molecule has 0 radical (unpaired) electrons. The van der Waals surface area contributed by atoms with Crippen molar-refractivity contribution >= 4 is 0 Å². The highest BCUT2D eigenvalue weighted by atomic mass is 15.4. The van der Waals surface area contributed by atoms with Crippen molar-refractivity contribution in [3.8, 4) is 0 Å². The smallest absolute Gasteiger partial charge is 0.128 e. The Hall–Kier alpha value is -0.860. The quantitative estimate of drug-likeness (QED) is 0.664. The third kappa shape index (κ3) is 6.22. The maximum atomic E-state index is 2.34. The normalized spacial score (nSPS) is 12.7. The second-order valence-electron chi connectivity index (χ2n) is 7.19. The molecule has 0 aromatic heterocycles. The number of nitrogens with zero attached hydrogens (tertiary/aromatic N) is 2. The summed E-state index contributed by atoms with van der Waals surface area (Å²) in [5, 5.41) is 0. The molecule has 19 heavy (non-hydrogen) atoms. The van der Waals surface area contributed by atoms with Crippen LogP contribution in [0.3, 0.4) is 0 Å². The average molecular weight is 264 g/mol. The summed E-state index contributed by atoms with van der Waals surface area (Å²) >= 11 is 0. The van der Waals surface area contributed by atoms with Gasteiger partial charge in [-0.3, -0.25) is 0 Å². The van der Waals surface area contributed by atoms with Gasteiger partial charge in [-0.2, -0.15) is 0 Å². The number of quaternary nitrogens is 2. The zero-order valence-electron chi connectivity index (χ0n) is 13.7. The highest BCUT2D eigenvalue weighted by Gasteiger charge is 2.22. The van der Waals surface area contributed by atoms with Gasteiger partial charge in [-0.1, -0.05) is 36.8 Å². The number of likely N-dealkylation sites (N-methyl/N-ethyl adjacent to an activating group) is 2. The van der Waals surface area contributed by atoms with Crippen LogP contribution in [-0.2, 0) is 6.54 Å². The fraction of sp³-hybridized carbons (Fsp3) is 0.647. The lowest BCUT2D eigenvalue weighted by Crippen LogP contribution is -2.50. The van der Waals surface area contributed by atoms with E-state index >= 15 is 0 Å². The first-order chi connectivity index (χ1) is 8.74. The van der Waals surface area contributed by atoms with E-state index in [-0.39, 0.29) is 0 Å². The van der Waals surface area contributed by atoms with Crippen LogP contribution in [0.25, 0.3) is 0 Å². The standard InChI is InChI=1S/C17H32N2/c1-7-12-18(3,4)13-14-19(5,6)15-17-10-8-16(2)9-11-17/h8-11H,7,12-15H2,1-6H3/q+2. The maximum absolute atomic E-state index is 2.34. The minimum absolute atomic E-state index is 1.06. The topological polar surface area (TPSA) is 0 Å². The van der Waals surface area contributed by atoms with Gasteiger partial charge in [0.25, 0.3) is 0 Å². The highest BCUT2D eigenvalue weighted by molar-refractivity contribution is 5.20. The van der Waals surface area contributed by atoms with Crippen molar-refractivity contribution in [1.29, 1.82) is 0 Å². The highest BCUT2D eigenvalue weighted by Crippen LogP contribution is 2.11. The first-order valence-corrected chi connectivity index (χ1v) is 7.44. The van der Waals surface area contributed by atoms with Gasteiger partial charge in [-0.05, 0) is 13.3 Å². The molecule has 1 aromatic carbocycles. The van der Waals surface area contributed by atoms with Crippen molar-refractivity contribution in [3.63, 3.8) is 0 Å². The van der Waals surface area contributed by atoms with E-state index in [1.165, 1.54) is 37.2 Å².